The fourth-order valence-electron chi connectivity index (χ4n) is 3.40. The summed E-state index contributed by atoms with van der Waals surface area (Å²) in [5.74, 6) is 1.93. The van der Waals surface area contributed by atoms with Crippen molar-refractivity contribution in [2.75, 3.05) is 28.3 Å². The molecule has 1 N–H and O–H groups in total. The number of hydrogen-bond donors (Lipinski definition) is 1. The molecular formula is C15H24N4O2S. The van der Waals surface area contributed by atoms with Crippen molar-refractivity contribution in [3.8, 4) is 0 Å². The molecule has 2 aliphatic rings. The molecule has 122 valence electrons. The normalized spacial score (nSPS) is 27.8. The molecule has 7 heteroatoms. The van der Waals surface area contributed by atoms with Crippen LogP contribution in [0.5, 0.6) is 0 Å². The van der Waals surface area contributed by atoms with Crippen molar-refractivity contribution in [3.63, 3.8) is 0 Å². The van der Waals surface area contributed by atoms with Crippen LogP contribution in [0.3, 0.4) is 0 Å². The summed E-state index contributed by atoms with van der Waals surface area (Å²) in [4.78, 5) is 11.2. The molecule has 0 bridgehead atoms. The molecule has 0 radical (unpaired) electrons. The molecule has 2 atom stereocenters. The first-order valence-corrected chi connectivity index (χ1v) is 9.96. The topological polar surface area (TPSA) is 75.2 Å². The van der Waals surface area contributed by atoms with Crippen molar-refractivity contribution in [3.05, 3.63) is 12.3 Å². The molecule has 1 aromatic heterocycles. The summed E-state index contributed by atoms with van der Waals surface area (Å²) in [6, 6.07) is 2.43. The van der Waals surface area contributed by atoms with Crippen molar-refractivity contribution in [2.45, 2.75) is 51.1 Å². The zero-order valence-electron chi connectivity index (χ0n) is 13.0. The van der Waals surface area contributed by atoms with Crippen LogP contribution in [0.2, 0.25) is 0 Å². The van der Waals surface area contributed by atoms with Crippen LogP contribution in [0.1, 0.15) is 39.0 Å². The Bertz CT molecular complexity index is 620. The Balaban J connectivity index is 1.72. The van der Waals surface area contributed by atoms with Crippen molar-refractivity contribution >= 4 is 21.6 Å². The van der Waals surface area contributed by atoms with Crippen LogP contribution < -0.4 is 10.2 Å². The summed E-state index contributed by atoms with van der Waals surface area (Å²) in [6.45, 7) is 3.25. The number of piperidine rings is 1. The lowest BCUT2D eigenvalue weighted by Gasteiger charge is -2.36. The van der Waals surface area contributed by atoms with E-state index in [1.165, 1.54) is 19.3 Å². The molecule has 3 rings (SSSR count). The Morgan fingerprint density at radius 2 is 2.23 bits per heavy atom. The molecule has 6 nitrogen and oxygen atoms in total. The number of anilines is 2. The molecule has 0 aromatic carbocycles. The second kappa shape index (κ2) is 6.40. The third kappa shape index (κ3) is 3.51. The van der Waals surface area contributed by atoms with Gasteiger partial charge in [0.1, 0.15) is 5.82 Å². The van der Waals surface area contributed by atoms with Crippen LogP contribution in [0, 0.1) is 0 Å². The maximum absolute atomic E-state index is 11.5. The summed E-state index contributed by atoms with van der Waals surface area (Å²) < 4.78 is 23.1. The Labute approximate surface area is 132 Å². The van der Waals surface area contributed by atoms with Crippen molar-refractivity contribution < 1.29 is 8.42 Å². The average molecular weight is 324 g/mol. The van der Waals surface area contributed by atoms with E-state index in [1.54, 1.807) is 6.20 Å². The van der Waals surface area contributed by atoms with Gasteiger partial charge in [0.05, 0.1) is 11.5 Å². The van der Waals surface area contributed by atoms with Crippen LogP contribution >= 0.6 is 0 Å². The van der Waals surface area contributed by atoms with Crippen molar-refractivity contribution in [1.29, 1.82) is 0 Å². The predicted molar refractivity (Wildman–Crippen MR) is 88.0 cm³/mol. The van der Waals surface area contributed by atoms with Gasteiger partial charge in [0.2, 0.25) is 5.95 Å². The first-order valence-electron chi connectivity index (χ1n) is 8.14. The molecule has 3 heterocycles. The summed E-state index contributed by atoms with van der Waals surface area (Å²) in [5, 5.41) is 3.18. The minimum Gasteiger partial charge on any atom is -0.353 e. The van der Waals surface area contributed by atoms with Gasteiger partial charge in [-0.25, -0.2) is 13.4 Å². The molecule has 0 spiro atoms. The van der Waals surface area contributed by atoms with Gasteiger partial charge < -0.3 is 10.2 Å². The van der Waals surface area contributed by atoms with Crippen LogP contribution in [-0.4, -0.2) is 48.5 Å². The zero-order valence-corrected chi connectivity index (χ0v) is 13.8. The van der Waals surface area contributed by atoms with E-state index in [9.17, 15) is 8.42 Å². The van der Waals surface area contributed by atoms with E-state index in [0.29, 0.717) is 18.4 Å². The lowest BCUT2D eigenvalue weighted by molar-refractivity contribution is 0.446. The number of sulfone groups is 1. The first kappa shape index (κ1) is 15.5. The van der Waals surface area contributed by atoms with E-state index < -0.39 is 9.84 Å². The van der Waals surface area contributed by atoms with E-state index in [4.69, 9.17) is 0 Å². The molecule has 22 heavy (non-hydrogen) atoms. The number of nitrogens with one attached hydrogen (secondary N) is 1. The highest BCUT2D eigenvalue weighted by molar-refractivity contribution is 7.91. The van der Waals surface area contributed by atoms with Crippen LogP contribution in [0.15, 0.2) is 12.3 Å². The van der Waals surface area contributed by atoms with Gasteiger partial charge in [0.25, 0.3) is 0 Å². The summed E-state index contributed by atoms with van der Waals surface area (Å²) in [6.07, 6.45) is 7.21. The minimum atomic E-state index is -2.89. The average Bonchev–Trinajstić information content (AvgIpc) is 2.86. The van der Waals surface area contributed by atoms with Crippen LogP contribution in [0.4, 0.5) is 11.8 Å². The third-order valence-electron chi connectivity index (χ3n) is 4.60. The Morgan fingerprint density at radius 1 is 1.36 bits per heavy atom. The van der Waals surface area contributed by atoms with E-state index >= 15 is 0 Å². The lowest BCUT2D eigenvalue weighted by atomic mass is 10.0. The Hall–Kier alpha value is -1.37. The molecular weight excluding hydrogens is 300 g/mol. The summed E-state index contributed by atoms with van der Waals surface area (Å²) in [7, 11) is -2.89. The van der Waals surface area contributed by atoms with E-state index in [1.807, 2.05) is 6.07 Å². The lowest BCUT2D eigenvalue weighted by Crippen LogP contribution is -2.39. The molecule has 2 fully saturated rings. The minimum absolute atomic E-state index is 0.0661. The Kier molecular flexibility index (Phi) is 4.52. The van der Waals surface area contributed by atoms with Gasteiger partial charge in [-0.05, 0) is 38.2 Å². The molecule has 0 amide bonds. The predicted octanol–water partition coefficient (Wildman–Crippen LogP) is 1.84. The highest BCUT2D eigenvalue weighted by atomic mass is 32.2. The van der Waals surface area contributed by atoms with Crippen molar-refractivity contribution in [2.24, 2.45) is 0 Å². The van der Waals surface area contributed by atoms with E-state index in [0.717, 1.165) is 18.8 Å². The number of hydrogen-bond acceptors (Lipinski definition) is 6. The first-order chi connectivity index (χ1) is 10.6. The van der Waals surface area contributed by atoms with Gasteiger partial charge >= 0.3 is 0 Å². The number of nitrogens with zero attached hydrogens (tertiary/aromatic N) is 3. The maximum Gasteiger partial charge on any atom is 0.224 e. The highest BCUT2D eigenvalue weighted by Crippen LogP contribution is 2.25. The van der Waals surface area contributed by atoms with Gasteiger partial charge in [-0.1, -0.05) is 6.92 Å². The highest BCUT2D eigenvalue weighted by Gasteiger charge is 2.28. The van der Waals surface area contributed by atoms with Gasteiger partial charge in [-0.2, -0.15) is 4.98 Å². The molecule has 2 saturated heterocycles. The largest absolute Gasteiger partial charge is 0.353 e. The second-order valence-electron chi connectivity index (χ2n) is 6.23. The second-order valence-corrected chi connectivity index (χ2v) is 8.46. The third-order valence-corrected chi connectivity index (χ3v) is 6.37. The fraction of sp³-hybridized carbons (Fsp3) is 0.733. The smallest absolute Gasteiger partial charge is 0.224 e. The number of rotatable bonds is 4. The molecule has 2 unspecified atom stereocenters. The van der Waals surface area contributed by atoms with E-state index in [2.05, 4.69) is 27.1 Å². The maximum atomic E-state index is 11.5. The molecule has 0 saturated carbocycles. The summed E-state index contributed by atoms with van der Waals surface area (Å²) >= 11 is 0. The Morgan fingerprint density at radius 3 is 2.95 bits per heavy atom. The molecule has 2 aliphatic heterocycles. The van der Waals surface area contributed by atoms with Crippen LogP contribution in [0.25, 0.3) is 0 Å². The molecule has 0 aliphatic carbocycles. The van der Waals surface area contributed by atoms with Gasteiger partial charge in [0.15, 0.2) is 9.84 Å². The van der Waals surface area contributed by atoms with Gasteiger partial charge in [-0.15, -0.1) is 0 Å². The van der Waals surface area contributed by atoms with Crippen LogP contribution in [-0.2, 0) is 9.84 Å². The zero-order chi connectivity index (χ0) is 15.6. The van der Waals surface area contributed by atoms with Crippen molar-refractivity contribution in [1.82, 2.24) is 9.97 Å². The quantitative estimate of drug-likeness (QED) is 0.911. The fourth-order valence-corrected chi connectivity index (χ4v) is 5.07. The summed E-state index contributed by atoms with van der Waals surface area (Å²) in [5.41, 5.74) is 0. The molecule has 1 aromatic rings. The standard InChI is InChI=1S/C15H24N4O2S/c1-2-13-5-3-4-9-19(13)14-6-8-16-15(18-14)17-12-7-10-22(20,21)11-12/h6,8,12-13H,2-5,7,9-11H2,1H3,(H,16,17,18). The van der Waals surface area contributed by atoms with Gasteiger partial charge in [-0.3, -0.25) is 0 Å². The van der Waals surface area contributed by atoms with Gasteiger partial charge in [0, 0.05) is 24.8 Å². The van der Waals surface area contributed by atoms with E-state index in [-0.39, 0.29) is 17.5 Å². The SMILES string of the molecule is CCC1CCCCN1c1ccnc(NC2CCS(=O)(=O)C2)n1. The monoisotopic (exact) mass is 324 g/mol. The number of aromatic nitrogens is 2.